The molecule has 190 valence electrons. The van der Waals surface area contributed by atoms with Gasteiger partial charge in [-0.15, -0.1) is 0 Å². The first-order chi connectivity index (χ1) is 17.1. The highest BCUT2D eigenvalue weighted by atomic mass is 35.5. The Bertz CT molecular complexity index is 1160. The van der Waals surface area contributed by atoms with Crippen molar-refractivity contribution in [3.05, 3.63) is 99.0 Å². The Balaban J connectivity index is 1.96. The summed E-state index contributed by atoms with van der Waals surface area (Å²) in [6.07, 6.45) is 0.330. The van der Waals surface area contributed by atoms with Crippen molar-refractivity contribution >= 4 is 35.0 Å². The van der Waals surface area contributed by atoms with Crippen LogP contribution in [0.15, 0.2) is 66.7 Å². The predicted molar refractivity (Wildman–Crippen MR) is 146 cm³/mol. The summed E-state index contributed by atoms with van der Waals surface area (Å²) in [5.41, 5.74) is 3.58. The highest BCUT2D eigenvalue weighted by molar-refractivity contribution is 6.36. The summed E-state index contributed by atoms with van der Waals surface area (Å²) in [4.78, 5) is 28.6. The molecule has 2 amide bonds. The zero-order chi connectivity index (χ0) is 26.2. The fraction of sp³-hybridized carbons (Fsp3) is 0.310. The predicted octanol–water partition coefficient (Wildman–Crippen LogP) is 6.15. The third-order valence-corrected chi connectivity index (χ3v) is 6.36. The van der Waals surface area contributed by atoms with Crippen LogP contribution in [0.25, 0.3) is 0 Å². The number of carbonyl (C=O) groups is 2. The fourth-order valence-electron chi connectivity index (χ4n) is 4.03. The van der Waals surface area contributed by atoms with Crippen molar-refractivity contribution in [2.24, 2.45) is 0 Å². The standard InChI is InChI=1S/C29H32Cl2N2O3/c1-19(2)32-29(35)27(16-22-9-6-5-7-10-22)33(17-24-25(30)11-8-12-26(24)31)28(34)18-36-23-14-20(3)13-21(4)15-23/h5-15,19,27H,16-18H2,1-4H3,(H,32,35)/t27-/m0/s1. The SMILES string of the molecule is Cc1cc(C)cc(OCC(=O)N(Cc2c(Cl)cccc2Cl)[C@@H](Cc2ccccc2)C(=O)NC(C)C)c1. The summed E-state index contributed by atoms with van der Waals surface area (Å²) < 4.78 is 5.88. The summed E-state index contributed by atoms with van der Waals surface area (Å²) >= 11 is 12.9. The number of halogens is 2. The number of carbonyl (C=O) groups excluding carboxylic acids is 2. The molecule has 0 saturated carbocycles. The van der Waals surface area contributed by atoms with E-state index >= 15 is 0 Å². The second-order valence-electron chi connectivity index (χ2n) is 9.20. The number of rotatable bonds is 10. The van der Waals surface area contributed by atoms with E-state index in [0.717, 1.165) is 16.7 Å². The summed E-state index contributed by atoms with van der Waals surface area (Å²) in [6, 6.07) is 19.7. The Kier molecular flexibility index (Phi) is 9.80. The Labute approximate surface area is 223 Å². The molecule has 0 aliphatic heterocycles. The molecule has 0 radical (unpaired) electrons. The number of amides is 2. The third kappa shape index (κ3) is 7.74. The fourth-order valence-corrected chi connectivity index (χ4v) is 4.55. The van der Waals surface area contributed by atoms with Crippen LogP contribution in [0.3, 0.4) is 0 Å². The van der Waals surface area contributed by atoms with E-state index in [1.54, 1.807) is 18.2 Å². The van der Waals surface area contributed by atoms with Gasteiger partial charge in [-0.2, -0.15) is 0 Å². The van der Waals surface area contributed by atoms with Crippen molar-refractivity contribution in [1.82, 2.24) is 10.2 Å². The first-order valence-corrected chi connectivity index (χ1v) is 12.7. The lowest BCUT2D eigenvalue weighted by Gasteiger charge is -2.32. The van der Waals surface area contributed by atoms with E-state index in [0.29, 0.717) is 27.8 Å². The van der Waals surface area contributed by atoms with Gasteiger partial charge < -0.3 is 15.0 Å². The van der Waals surface area contributed by atoms with Crippen molar-refractivity contribution in [2.45, 2.75) is 52.7 Å². The molecule has 3 rings (SSSR count). The molecule has 1 atom stereocenters. The Morgan fingerprint density at radius 1 is 0.917 bits per heavy atom. The quantitative estimate of drug-likeness (QED) is 0.344. The van der Waals surface area contributed by atoms with Crippen LogP contribution in [0, 0.1) is 13.8 Å². The molecule has 1 N–H and O–H groups in total. The van der Waals surface area contributed by atoms with Crippen molar-refractivity contribution in [3.63, 3.8) is 0 Å². The molecule has 0 unspecified atom stereocenters. The monoisotopic (exact) mass is 526 g/mol. The normalized spacial score (nSPS) is 11.8. The van der Waals surface area contributed by atoms with Crippen LogP contribution in [-0.4, -0.2) is 35.4 Å². The lowest BCUT2D eigenvalue weighted by Crippen LogP contribution is -2.52. The minimum atomic E-state index is -0.794. The molecule has 0 bridgehead atoms. The zero-order valence-electron chi connectivity index (χ0n) is 21.1. The van der Waals surface area contributed by atoms with Gasteiger partial charge in [0.05, 0.1) is 0 Å². The largest absolute Gasteiger partial charge is 0.484 e. The zero-order valence-corrected chi connectivity index (χ0v) is 22.6. The van der Waals surface area contributed by atoms with E-state index in [9.17, 15) is 9.59 Å². The average Bonchev–Trinajstić information content (AvgIpc) is 2.81. The van der Waals surface area contributed by atoms with E-state index in [1.165, 1.54) is 4.90 Å². The van der Waals surface area contributed by atoms with Crippen LogP contribution in [0.1, 0.15) is 36.1 Å². The van der Waals surface area contributed by atoms with Crippen LogP contribution in [0.5, 0.6) is 5.75 Å². The molecule has 0 aliphatic rings. The van der Waals surface area contributed by atoms with Crippen LogP contribution in [-0.2, 0) is 22.6 Å². The topological polar surface area (TPSA) is 58.6 Å². The molecule has 36 heavy (non-hydrogen) atoms. The summed E-state index contributed by atoms with van der Waals surface area (Å²) in [5, 5.41) is 3.82. The van der Waals surface area contributed by atoms with Gasteiger partial charge >= 0.3 is 0 Å². The highest BCUT2D eigenvalue weighted by Gasteiger charge is 2.32. The molecule has 0 heterocycles. The van der Waals surface area contributed by atoms with Gasteiger partial charge in [-0.25, -0.2) is 0 Å². The van der Waals surface area contributed by atoms with Crippen LogP contribution >= 0.6 is 23.2 Å². The number of benzene rings is 3. The van der Waals surface area contributed by atoms with E-state index in [4.69, 9.17) is 27.9 Å². The maximum absolute atomic E-state index is 13.7. The minimum Gasteiger partial charge on any atom is -0.484 e. The number of nitrogens with one attached hydrogen (secondary N) is 1. The average molecular weight is 527 g/mol. The summed E-state index contributed by atoms with van der Waals surface area (Å²) in [6.45, 7) is 7.55. The second kappa shape index (κ2) is 12.8. The number of hydrogen-bond donors (Lipinski definition) is 1. The molecule has 0 aromatic heterocycles. The molecular weight excluding hydrogens is 495 g/mol. The van der Waals surface area contributed by atoms with Gasteiger partial charge in [0, 0.05) is 34.6 Å². The van der Waals surface area contributed by atoms with Gasteiger partial charge in [-0.3, -0.25) is 9.59 Å². The number of ether oxygens (including phenoxy) is 1. The lowest BCUT2D eigenvalue weighted by molar-refractivity contribution is -0.143. The van der Waals surface area contributed by atoms with Gasteiger partial charge in [0.25, 0.3) is 5.91 Å². The van der Waals surface area contributed by atoms with Crippen molar-refractivity contribution in [3.8, 4) is 5.75 Å². The smallest absolute Gasteiger partial charge is 0.261 e. The van der Waals surface area contributed by atoms with Gasteiger partial charge in [0.15, 0.2) is 6.61 Å². The van der Waals surface area contributed by atoms with Crippen LogP contribution in [0.4, 0.5) is 0 Å². The molecule has 7 heteroatoms. The molecule has 3 aromatic carbocycles. The lowest BCUT2D eigenvalue weighted by atomic mass is 10.0. The van der Waals surface area contributed by atoms with E-state index in [1.807, 2.05) is 76.2 Å². The van der Waals surface area contributed by atoms with E-state index in [2.05, 4.69) is 5.32 Å². The number of hydrogen-bond acceptors (Lipinski definition) is 3. The van der Waals surface area contributed by atoms with Crippen molar-refractivity contribution in [1.29, 1.82) is 0 Å². The third-order valence-electron chi connectivity index (χ3n) is 5.65. The van der Waals surface area contributed by atoms with Crippen LogP contribution in [0.2, 0.25) is 10.0 Å². The Morgan fingerprint density at radius 2 is 1.53 bits per heavy atom. The van der Waals surface area contributed by atoms with Gasteiger partial charge in [-0.1, -0.05) is 65.7 Å². The van der Waals surface area contributed by atoms with E-state index < -0.39 is 6.04 Å². The minimum absolute atomic E-state index is 0.0660. The summed E-state index contributed by atoms with van der Waals surface area (Å²) in [5.74, 6) is 0.00424. The van der Waals surface area contributed by atoms with Gasteiger partial charge in [-0.05, 0) is 68.7 Å². The molecule has 5 nitrogen and oxygen atoms in total. The van der Waals surface area contributed by atoms with Gasteiger partial charge in [0.1, 0.15) is 11.8 Å². The number of aryl methyl sites for hydroxylation is 2. The number of nitrogens with zero attached hydrogens (tertiary/aromatic N) is 1. The van der Waals surface area contributed by atoms with E-state index in [-0.39, 0.29) is 31.0 Å². The maximum Gasteiger partial charge on any atom is 0.261 e. The maximum atomic E-state index is 13.7. The van der Waals surface area contributed by atoms with Crippen LogP contribution < -0.4 is 10.1 Å². The molecular formula is C29H32Cl2N2O3. The Hall–Kier alpha value is -3.02. The summed E-state index contributed by atoms with van der Waals surface area (Å²) in [7, 11) is 0. The molecule has 0 saturated heterocycles. The van der Waals surface area contributed by atoms with Crippen molar-refractivity contribution < 1.29 is 14.3 Å². The molecule has 0 spiro atoms. The molecule has 0 fully saturated rings. The Morgan fingerprint density at radius 3 is 2.11 bits per heavy atom. The highest BCUT2D eigenvalue weighted by Crippen LogP contribution is 2.27. The van der Waals surface area contributed by atoms with Crippen molar-refractivity contribution in [2.75, 3.05) is 6.61 Å². The molecule has 3 aromatic rings. The first kappa shape index (κ1) is 27.6. The second-order valence-corrected chi connectivity index (χ2v) is 10.0. The molecule has 0 aliphatic carbocycles. The van der Waals surface area contributed by atoms with Gasteiger partial charge in [0.2, 0.25) is 5.91 Å². The first-order valence-electron chi connectivity index (χ1n) is 11.9.